The minimum atomic E-state index is -3.87. The van der Waals surface area contributed by atoms with E-state index in [2.05, 4.69) is 18.6 Å². The lowest BCUT2D eigenvalue weighted by atomic mass is 9.89. The highest BCUT2D eigenvalue weighted by molar-refractivity contribution is 7.92. The molecule has 0 bridgehead atoms. The van der Waals surface area contributed by atoms with Crippen molar-refractivity contribution in [2.75, 3.05) is 11.8 Å². The summed E-state index contributed by atoms with van der Waals surface area (Å²) in [6.07, 6.45) is 0. The Morgan fingerprint density at radius 1 is 0.971 bits per heavy atom. The molecule has 0 saturated carbocycles. The first kappa shape index (κ1) is 23.8. The molecular weight excluding hydrogens is 450 g/mol. The van der Waals surface area contributed by atoms with E-state index in [1.807, 2.05) is 57.2 Å². The van der Waals surface area contributed by atoms with E-state index < -0.39 is 21.4 Å². The molecule has 0 fully saturated rings. The number of ether oxygens (including phenoxy) is 1. The van der Waals surface area contributed by atoms with Crippen LogP contribution in [-0.4, -0.2) is 21.5 Å². The topological polar surface area (TPSA) is 85.6 Å². The van der Waals surface area contributed by atoms with Gasteiger partial charge < -0.3 is 9.15 Å². The number of rotatable bonds is 5. The fourth-order valence-corrected chi connectivity index (χ4v) is 5.14. The number of benzene rings is 3. The van der Waals surface area contributed by atoms with E-state index >= 15 is 0 Å². The molecule has 4 rings (SSSR count). The van der Waals surface area contributed by atoms with Gasteiger partial charge in [-0.15, -0.1) is 0 Å². The first-order valence-corrected chi connectivity index (χ1v) is 12.6. The molecule has 0 radical (unpaired) electrons. The van der Waals surface area contributed by atoms with Crippen molar-refractivity contribution in [2.24, 2.45) is 0 Å². The van der Waals surface area contributed by atoms with Gasteiger partial charge in [-0.2, -0.15) is 0 Å². The molecule has 0 atom stereocenters. The Labute approximate surface area is 200 Å². The Hall–Kier alpha value is -3.32. The molecule has 0 aliphatic carbocycles. The van der Waals surface area contributed by atoms with Crippen LogP contribution in [0.5, 0.6) is 0 Å². The largest absolute Gasteiger partial charge is 0.465 e. The summed E-state index contributed by atoms with van der Waals surface area (Å²) >= 11 is 0. The van der Waals surface area contributed by atoms with Gasteiger partial charge in [-0.1, -0.05) is 71.0 Å². The highest BCUT2D eigenvalue weighted by Gasteiger charge is 2.31. The van der Waals surface area contributed by atoms with Crippen molar-refractivity contribution >= 4 is 43.4 Å². The molecule has 0 amide bonds. The number of methoxy groups -OCH3 is 1. The maximum absolute atomic E-state index is 13.3. The van der Waals surface area contributed by atoms with E-state index in [0.29, 0.717) is 44.7 Å². The van der Waals surface area contributed by atoms with Crippen LogP contribution in [0.4, 0.5) is 5.69 Å². The molecule has 1 heterocycles. The first-order valence-electron chi connectivity index (χ1n) is 11.1. The van der Waals surface area contributed by atoms with Crippen LogP contribution in [0, 0.1) is 0 Å². The van der Waals surface area contributed by atoms with Gasteiger partial charge in [0.1, 0.15) is 16.9 Å². The quantitative estimate of drug-likeness (QED) is 0.326. The monoisotopic (exact) mass is 479 g/mol. The molecule has 0 aliphatic heterocycles. The molecule has 1 N–H and O–H groups in total. The van der Waals surface area contributed by atoms with Gasteiger partial charge in [0.25, 0.3) is 10.0 Å². The molecule has 7 heteroatoms. The summed E-state index contributed by atoms with van der Waals surface area (Å²) in [6, 6.07) is 15.9. The van der Waals surface area contributed by atoms with Gasteiger partial charge in [-0.25, -0.2) is 13.2 Å². The number of anilines is 1. The van der Waals surface area contributed by atoms with E-state index in [1.165, 1.54) is 7.11 Å². The van der Waals surface area contributed by atoms with Crippen LogP contribution in [0.2, 0.25) is 0 Å². The van der Waals surface area contributed by atoms with Crippen LogP contribution in [0.15, 0.2) is 63.9 Å². The molecule has 34 heavy (non-hydrogen) atoms. The Morgan fingerprint density at radius 2 is 1.59 bits per heavy atom. The summed E-state index contributed by atoms with van der Waals surface area (Å²) in [4.78, 5) is 12.9. The fourth-order valence-electron chi connectivity index (χ4n) is 4.07. The summed E-state index contributed by atoms with van der Waals surface area (Å²) < 4.78 is 40.6. The zero-order chi connectivity index (χ0) is 24.8. The molecule has 178 valence electrons. The van der Waals surface area contributed by atoms with Crippen LogP contribution in [-0.2, 0) is 20.2 Å². The van der Waals surface area contributed by atoms with Crippen molar-refractivity contribution in [1.82, 2.24) is 0 Å². The van der Waals surface area contributed by atoms with Crippen molar-refractivity contribution in [1.29, 1.82) is 0 Å². The maximum atomic E-state index is 13.3. The number of carbonyl (C=O) groups is 1. The summed E-state index contributed by atoms with van der Waals surface area (Å²) in [5.74, 6) is 0.256. The van der Waals surface area contributed by atoms with Crippen molar-refractivity contribution in [3.63, 3.8) is 0 Å². The summed E-state index contributed by atoms with van der Waals surface area (Å²) in [7, 11) is -2.55. The van der Waals surface area contributed by atoms with E-state index in [-0.39, 0.29) is 4.90 Å². The fraction of sp³-hybridized carbons (Fsp3) is 0.296. The van der Waals surface area contributed by atoms with Crippen molar-refractivity contribution in [3.05, 3.63) is 71.5 Å². The van der Waals surface area contributed by atoms with E-state index in [0.717, 1.165) is 5.56 Å². The molecule has 3 aromatic carbocycles. The van der Waals surface area contributed by atoms with Crippen LogP contribution < -0.4 is 4.72 Å². The predicted molar refractivity (Wildman–Crippen MR) is 135 cm³/mol. The van der Waals surface area contributed by atoms with Gasteiger partial charge in [-0.05, 0) is 29.7 Å². The lowest BCUT2D eigenvalue weighted by Crippen LogP contribution is -2.16. The molecule has 4 aromatic rings. The minimum Gasteiger partial charge on any atom is -0.465 e. The lowest BCUT2D eigenvalue weighted by Gasteiger charge is -2.16. The van der Waals surface area contributed by atoms with E-state index in [4.69, 9.17) is 9.15 Å². The van der Waals surface area contributed by atoms with E-state index in [9.17, 15) is 13.2 Å². The van der Waals surface area contributed by atoms with Gasteiger partial charge in [0.15, 0.2) is 0 Å². The third-order valence-corrected chi connectivity index (χ3v) is 7.25. The van der Waals surface area contributed by atoms with E-state index in [1.54, 1.807) is 18.2 Å². The SMILES string of the molecule is COC(=O)c1c(C(C)(C)C)oc2c1cc(NS(=O)(=O)c1ccc(C(C)C)cc1)c1ccccc12. The summed E-state index contributed by atoms with van der Waals surface area (Å²) in [5.41, 5.74) is 1.77. The second kappa shape index (κ2) is 8.47. The molecular formula is C27H29NO5S. The van der Waals surface area contributed by atoms with Gasteiger partial charge >= 0.3 is 5.97 Å². The molecule has 0 unspecified atom stereocenters. The zero-order valence-electron chi connectivity index (χ0n) is 20.2. The highest BCUT2D eigenvalue weighted by Crippen LogP contribution is 2.41. The van der Waals surface area contributed by atoms with Crippen molar-refractivity contribution < 1.29 is 22.4 Å². The van der Waals surface area contributed by atoms with Crippen LogP contribution >= 0.6 is 0 Å². The van der Waals surface area contributed by atoms with Gasteiger partial charge in [-0.3, -0.25) is 4.72 Å². The molecule has 0 spiro atoms. The normalized spacial score (nSPS) is 12.4. The van der Waals surface area contributed by atoms with Gasteiger partial charge in [0.05, 0.1) is 17.7 Å². The first-order chi connectivity index (χ1) is 15.9. The number of fused-ring (bicyclic) bond motifs is 3. The van der Waals surface area contributed by atoms with Gasteiger partial charge in [0.2, 0.25) is 0 Å². The molecule has 6 nitrogen and oxygen atoms in total. The third kappa shape index (κ3) is 4.16. The number of hydrogen-bond donors (Lipinski definition) is 1. The standard InChI is InChI=1S/C27H29NO5S/c1-16(2)17-11-13-18(14-12-17)34(30,31)28-22-15-21-23(26(29)32-6)25(27(3,4)5)33-24(21)20-10-8-7-9-19(20)22/h7-16,28H,1-6H3. The number of esters is 1. The van der Waals surface area contributed by atoms with Crippen LogP contribution in [0.3, 0.4) is 0 Å². The number of hydrogen-bond acceptors (Lipinski definition) is 5. The minimum absolute atomic E-state index is 0.164. The Kier molecular flexibility index (Phi) is 5.94. The molecule has 0 aliphatic rings. The summed E-state index contributed by atoms with van der Waals surface area (Å²) in [6.45, 7) is 9.95. The number of sulfonamides is 1. The third-order valence-electron chi connectivity index (χ3n) is 5.87. The van der Waals surface area contributed by atoms with Crippen LogP contribution in [0.25, 0.3) is 21.7 Å². The zero-order valence-corrected chi connectivity index (χ0v) is 21.0. The second-order valence-corrected chi connectivity index (χ2v) is 11.4. The summed E-state index contributed by atoms with van der Waals surface area (Å²) in [5, 5.41) is 1.87. The number of carbonyl (C=O) groups excluding carboxylic acids is 1. The Bertz CT molecular complexity index is 1490. The highest BCUT2D eigenvalue weighted by atomic mass is 32.2. The maximum Gasteiger partial charge on any atom is 0.342 e. The smallest absolute Gasteiger partial charge is 0.342 e. The Morgan fingerprint density at radius 3 is 2.15 bits per heavy atom. The average molecular weight is 480 g/mol. The lowest BCUT2D eigenvalue weighted by molar-refractivity contribution is 0.0598. The average Bonchev–Trinajstić information content (AvgIpc) is 3.19. The van der Waals surface area contributed by atoms with Crippen molar-refractivity contribution in [3.8, 4) is 0 Å². The number of nitrogens with one attached hydrogen (secondary N) is 1. The molecule has 1 aromatic heterocycles. The Balaban J connectivity index is 1.94. The van der Waals surface area contributed by atoms with Gasteiger partial charge in [0, 0.05) is 21.6 Å². The predicted octanol–water partition coefficient (Wildman–Crippen LogP) is 6.59. The second-order valence-electron chi connectivity index (χ2n) is 9.72. The molecule has 0 saturated heterocycles. The van der Waals surface area contributed by atoms with Crippen molar-refractivity contribution in [2.45, 2.75) is 50.8 Å². The number of furan rings is 1. The van der Waals surface area contributed by atoms with Crippen LogP contribution in [0.1, 0.15) is 62.2 Å².